The van der Waals surface area contributed by atoms with Crippen molar-refractivity contribution in [1.82, 2.24) is 10.4 Å². The molecule has 0 aliphatic heterocycles. The fraction of sp³-hybridized carbons (Fsp3) is 0.0476. The molecule has 0 saturated carbocycles. The maximum atomic E-state index is 12.3. The van der Waals surface area contributed by atoms with Crippen molar-refractivity contribution in [2.45, 2.75) is 6.92 Å². The lowest BCUT2D eigenvalue weighted by molar-refractivity contribution is 0.0954. The van der Waals surface area contributed by atoms with Gasteiger partial charge in [0.05, 0.1) is 6.21 Å². The van der Waals surface area contributed by atoms with Crippen molar-refractivity contribution < 1.29 is 9.59 Å². The highest BCUT2D eigenvalue weighted by molar-refractivity contribution is 6.04. The van der Waals surface area contributed by atoms with Crippen LogP contribution in [0.3, 0.4) is 0 Å². The number of hydrazone groups is 1. The molecule has 0 aliphatic rings. The minimum Gasteiger partial charge on any atom is -0.322 e. The van der Waals surface area contributed by atoms with Crippen molar-refractivity contribution >= 4 is 23.7 Å². The van der Waals surface area contributed by atoms with E-state index in [-0.39, 0.29) is 11.8 Å². The minimum atomic E-state index is -0.317. The summed E-state index contributed by atoms with van der Waals surface area (Å²) < 4.78 is 0. The van der Waals surface area contributed by atoms with Crippen LogP contribution in [0.15, 0.2) is 78.2 Å². The lowest BCUT2D eigenvalue weighted by Gasteiger charge is -2.06. The molecule has 3 aromatic rings. The molecule has 6 nitrogen and oxygen atoms in total. The van der Waals surface area contributed by atoms with E-state index in [1.165, 1.54) is 6.21 Å². The van der Waals surface area contributed by atoms with Gasteiger partial charge in [0.25, 0.3) is 11.8 Å². The summed E-state index contributed by atoms with van der Waals surface area (Å²) in [6.07, 6.45) is 4.60. The number of anilines is 1. The highest BCUT2D eigenvalue weighted by Crippen LogP contribution is 2.11. The number of nitrogens with one attached hydrogen (secondary N) is 2. The number of aromatic nitrogens is 1. The number of hydrogen-bond donors (Lipinski definition) is 2. The molecule has 2 N–H and O–H groups in total. The first-order valence-corrected chi connectivity index (χ1v) is 8.33. The Morgan fingerprint density at radius 3 is 2.15 bits per heavy atom. The van der Waals surface area contributed by atoms with Crippen LogP contribution in [0.25, 0.3) is 0 Å². The number of pyridine rings is 1. The molecule has 0 atom stereocenters. The topological polar surface area (TPSA) is 83.5 Å². The van der Waals surface area contributed by atoms with E-state index in [0.29, 0.717) is 11.1 Å². The van der Waals surface area contributed by atoms with Crippen molar-refractivity contribution in [2.75, 3.05) is 5.32 Å². The van der Waals surface area contributed by atoms with E-state index in [1.54, 1.807) is 48.8 Å². The Hall–Kier alpha value is -3.80. The Morgan fingerprint density at radius 2 is 1.48 bits per heavy atom. The third-order valence-corrected chi connectivity index (χ3v) is 3.80. The Balaban J connectivity index is 1.57. The summed E-state index contributed by atoms with van der Waals surface area (Å²) in [5.41, 5.74) is 6.10. The molecular weight excluding hydrogens is 340 g/mol. The number of carbonyl (C=O) groups is 2. The molecule has 0 spiro atoms. The third kappa shape index (κ3) is 5.09. The average molecular weight is 358 g/mol. The zero-order chi connectivity index (χ0) is 19.1. The number of benzene rings is 2. The van der Waals surface area contributed by atoms with Gasteiger partial charge in [-0.1, -0.05) is 29.8 Å². The monoisotopic (exact) mass is 358 g/mol. The van der Waals surface area contributed by atoms with Crippen molar-refractivity contribution in [1.29, 1.82) is 0 Å². The number of carbonyl (C=O) groups excluding carboxylic acids is 2. The molecule has 0 aliphatic carbocycles. The summed E-state index contributed by atoms with van der Waals surface area (Å²) in [5, 5.41) is 6.77. The van der Waals surface area contributed by atoms with Gasteiger partial charge in [-0.05, 0) is 48.9 Å². The normalized spacial score (nSPS) is 10.6. The molecule has 0 fully saturated rings. The van der Waals surface area contributed by atoms with E-state index >= 15 is 0 Å². The highest BCUT2D eigenvalue weighted by Gasteiger charge is 2.06. The molecular formula is C21H18N4O2. The van der Waals surface area contributed by atoms with Crippen LogP contribution >= 0.6 is 0 Å². The molecule has 0 saturated heterocycles. The predicted octanol–water partition coefficient (Wildman–Crippen LogP) is 3.41. The smallest absolute Gasteiger partial charge is 0.271 e. The van der Waals surface area contributed by atoms with Crippen LogP contribution in [0.5, 0.6) is 0 Å². The van der Waals surface area contributed by atoms with Gasteiger partial charge in [0.2, 0.25) is 0 Å². The van der Waals surface area contributed by atoms with Gasteiger partial charge in [-0.3, -0.25) is 14.6 Å². The molecule has 27 heavy (non-hydrogen) atoms. The van der Waals surface area contributed by atoms with Crippen molar-refractivity contribution in [3.8, 4) is 0 Å². The first kappa shape index (κ1) is 18.0. The second-order valence-electron chi connectivity index (χ2n) is 5.88. The Labute approximate surface area is 157 Å². The molecule has 0 unspecified atom stereocenters. The van der Waals surface area contributed by atoms with Gasteiger partial charge >= 0.3 is 0 Å². The van der Waals surface area contributed by atoms with Crippen LogP contribution in [-0.2, 0) is 0 Å². The molecule has 0 bridgehead atoms. The molecule has 6 heteroatoms. The summed E-state index contributed by atoms with van der Waals surface area (Å²) in [7, 11) is 0. The lowest BCUT2D eigenvalue weighted by atomic mass is 10.1. The summed E-state index contributed by atoms with van der Waals surface area (Å²) in [6, 6.07) is 17.7. The number of hydrogen-bond acceptors (Lipinski definition) is 4. The molecule has 2 aromatic carbocycles. The fourth-order valence-corrected chi connectivity index (χ4v) is 2.29. The van der Waals surface area contributed by atoms with Gasteiger partial charge in [-0.2, -0.15) is 5.10 Å². The summed E-state index contributed by atoms with van der Waals surface area (Å²) >= 11 is 0. The van der Waals surface area contributed by atoms with Crippen molar-refractivity contribution in [2.24, 2.45) is 5.10 Å². The second-order valence-corrected chi connectivity index (χ2v) is 5.88. The maximum absolute atomic E-state index is 12.3. The van der Waals surface area contributed by atoms with Gasteiger partial charge in [0, 0.05) is 29.2 Å². The van der Waals surface area contributed by atoms with Crippen LogP contribution in [0.4, 0.5) is 5.69 Å². The van der Waals surface area contributed by atoms with Gasteiger partial charge < -0.3 is 5.32 Å². The zero-order valence-electron chi connectivity index (χ0n) is 14.7. The van der Waals surface area contributed by atoms with E-state index in [2.05, 4.69) is 20.8 Å². The van der Waals surface area contributed by atoms with E-state index < -0.39 is 0 Å². The summed E-state index contributed by atoms with van der Waals surface area (Å²) in [4.78, 5) is 28.0. The first-order chi connectivity index (χ1) is 13.1. The molecule has 134 valence electrons. The Bertz CT molecular complexity index is 950. The molecule has 3 rings (SSSR count). The zero-order valence-corrected chi connectivity index (χ0v) is 14.7. The van der Waals surface area contributed by atoms with Gasteiger partial charge in [0.15, 0.2) is 0 Å². The quantitative estimate of drug-likeness (QED) is 0.541. The molecule has 1 aromatic heterocycles. The predicted molar refractivity (Wildman–Crippen MR) is 105 cm³/mol. The standard InChI is InChI=1S/C21H18N4O2/c1-15-2-8-19(9-3-15)24-20(26)17-6-4-16(5-7-17)14-23-25-21(27)18-10-12-22-13-11-18/h2-14H,1H3,(H,24,26)(H,25,27). The summed E-state index contributed by atoms with van der Waals surface area (Å²) in [6.45, 7) is 1.99. The molecule has 0 radical (unpaired) electrons. The van der Waals surface area contributed by atoms with E-state index in [9.17, 15) is 9.59 Å². The lowest BCUT2D eigenvalue weighted by Crippen LogP contribution is -2.17. The highest BCUT2D eigenvalue weighted by atomic mass is 16.2. The first-order valence-electron chi connectivity index (χ1n) is 8.33. The van der Waals surface area contributed by atoms with E-state index in [0.717, 1.165) is 16.8 Å². The Morgan fingerprint density at radius 1 is 0.852 bits per heavy atom. The second kappa shape index (κ2) is 8.53. The van der Waals surface area contributed by atoms with Crippen LogP contribution in [0.1, 0.15) is 31.8 Å². The molecule has 1 heterocycles. The summed E-state index contributed by atoms with van der Waals surface area (Å²) in [5.74, 6) is -0.504. The van der Waals surface area contributed by atoms with Crippen molar-refractivity contribution in [3.05, 3.63) is 95.3 Å². The minimum absolute atomic E-state index is 0.187. The fourth-order valence-electron chi connectivity index (χ4n) is 2.29. The average Bonchev–Trinajstić information content (AvgIpc) is 2.71. The number of rotatable bonds is 5. The number of aryl methyl sites for hydroxylation is 1. The van der Waals surface area contributed by atoms with E-state index in [4.69, 9.17) is 0 Å². The van der Waals surface area contributed by atoms with Gasteiger partial charge in [0.1, 0.15) is 0 Å². The van der Waals surface area contributed by atoms with Crippen LogP contribution in [0, 0.1) is 6.92 Å². The largest absolute Gasteiger partial charge is 0.322 e. The SMILES string of the molecule is Cc1ccc(NC(=O)c2ccc(C=NNC(=O)c3ccncc3)cc2)cc1. The van der Waals surface area contributed by atoms with Crippen LogP contribution in [0.2, 0.25) is 0 Å². The van der Waals surface area contributed by atoms with Crippen molar-refractivity contribution in [3.63, 3.8) is 0 Å². The van der Waals surface area contributed by atoms with Gasteiger partial charge in [-0.15, -0.1) is 0 Å². The third-order valence-electron chi connectivity index (χ3n) is 3.80. The number of nitrogens with zero attached hydrogens (tertiary/aromatic N) is 2. The molecule has 2 amide bonds. The van der Waals surface area contributed by atoms with E-state index in [1.807, 2.05) is 31.2 Å². The maximum Gasteiger partial charge on any atom is 0.271 e. The van der Waals surface area contributed by atoms with Crippen LogP contribution < -0.4 is 10.7 Å². The van der Waals surface area contributed by atoms with Gasteiger partial charge in [-0.25, -0.2) is 5.43 Å². The Kier molecular flexibility index (Phi) is 5.69. The van der Waals surface area contributed by atoms with Crippen LogP contribution in [-0.4, -0.2) is 23.0 Å². The number of amides is 2.